The van der Waals surface area contributed by atoms with Crippen LogP contribution in [0, 0.1) is 5.92 Å². The van der Waals surface area contributed by atoms with E-state index in [-0.39, 0.29) is 34.5 Å². The molecule has 2 aliphatic heterocycles. The largest absolute Gasteiger partial charge is 0.336 e. The minimum Gasteiger partial charge on any atom is -0.336 e. The second-order valence-corrected chi connectivity index (χ2v) is 10.1. The Kier molecular flexibility index (Phi) is 6.94. The summed E-state index contributed by atoms with van der Waals surface area (Å²) in [7, 11) is 1.98. The number of fused-ring (bicyclic) bond motifs is 1. The molecule has 0 spiro atoms. The molecule has 3 aromatic rings. The van der Waals surface area contributed by atoms with Crippen LogP contribution >= 0.6 is 11.6 Å². The van der Waals surface area contributed by atoms with Gasteiger partial charge in [-0.1, -0.05) is 72.3 Å². The van der Waals surface area contributed by atoms with Crippen LogP contribution in [0.2, 0.25) is 5.15 Å². The van der Waals surface area contributed by atoms with Crippen molar-refractivity contribution in [3.63, 3.8) is 0 Å². The topological polar surface area (TPSA) is 76.7 Å². The molecule has 0 bridgehead atoms. The van der Waals surface area contributed by atoms with E-state index in [1.165, 1.54) is 12.1 Å². The van der Waals surface area contributed by atoms with E-state index in [1.807, 2.05) is 60.5 Å². The summed E-state index contributed by atoms with van der Waals surface area (Å²) in [5.41, 5.74) is 1.95. The summed E-state index contributed by atoms with van der Waals surface area (Å²) in [5.74, 6) is 0.0393. The first-order valence-corrected chi connectivity index (χ1v) is 12.6. The zero-order valence-corrected chi connectivity index (χ0v) is 20.9. The van der Waals surface area contributed by atoms with Crippen LogP contribution in [0.3, 0.4) is 0 Å². The number of aromatic nitrogens is 1. The quantitative estimate of drug-likeness (QED) is 0.521. The Bertz CT molecular complexity index is 1300. The van der Waals surface area contributed by atoms with Gasteiger partial charge in [-0.25, -0.2) is 0 Å². The van der Waals surface area contributed by atoms with Crippen LogP contribution in [-0.2, 0) is 11.3 Å². The van der Waals surface area contributed by atoms with Gasteiger partial charge in [-0.3, -0.25) is 19.3 Å². The Morgan fingerprint density at radius 2 is 1.75 bits per heavy atom. The lowest BCUT2D eigenvalue weighted by Gasteiger charge is -2.34. The molecule has 2 saturated heterocycles. The van der Waals surface area contributed by atoms with Crippen LogP contribution in [0.4, 0.5) is 0 Å². The van der Waals surface area contributed by atoms with Crippen molar-refractivity contribution in [1.29, 1.82) is 0 Å². The van der Waals surface area contributed by atoms with Crippen LogP contribution in [-0.4, -0.2) is 64.2 Å². The van der Waals surface area contributed by atoms with Crippen molar-refractivity contribution in [2.75, 3.05) is 26.7 Å². The number of nitrogens with one attached hydrogen (secondary N) is 1. The Labute approximate surface area is 215 Å². The Morgan fingerprint density at radius 1 is 1.06 bits per heavy atom. The van der Waals surface area contributed by atoms with Crippen LogP contribution in [0.15, 0.2) is 77.6 Å². The molecule has 1 aromatic heterocycles. The number of likely N-dealkylation sites (tertiary alicyclic amines) is 2. The van der Waals surface area contributed by atoms with E-state index < -0.39 is 11.6 Å². The highest BCUT2D eigenvalue weighted by atomic mass is 35.5. The van der Waals surface area contributed by atoms with Gasteiger partial charge in [-0.15, -0.1) is 0 Å². The van der Waals surface area contributed by atoms with Gasteiger partial charge in [0, 0.05) is 43.7 Å². The fraction of sp³-hybridized carbons (Fsp3) is 0.321. The van der Waals surface area contributed by atoms with Gasteiger partial charge in [-0.2, -0.15) is 0 Å². The number of carbonyl (C=O) groups excluding carboxylic acids is 2. The van der Waals surface area contributed by atoms with E-state index in [0.29, 0.717) is 26.2 Å². The molecule has 2 aromatic carbocycles. The molecule has 186 valence electrons. The van der Waals surface area contributed by atoms with Gasteiger partial charge in [0.25, 0.3) is 5.91 Å². The SMILES string of the molecule is CN(Cc1ccccc1)C(C(=O)N1CC[C@H]2CN(C(=O)c3cc(Cl)[nH]c(=O)c3)C[C@H]21)c1ccccc1. The van der Waals surface area contributed by atoms with Gasteiger partial charge in [0.15, 0.2) is 0 Å². The predicted octanol–water partition coefficient (Wildman–Crippen LogP) is 3.57. The first-order chi connectivity index (χ1) is 17.4. The number of hydrogen-bond donors (Lipinski definition) is 1. The van der Waals surface area contributed by atoms with Crippen LogP contribution in [0.5, 0.6) is 0 Å². The zero-order valence-electron chi connectivity index (χ0n) is 20.1. The summed E-state index contributed by atoms with van der Waals surface area (Å²) in [6.45, 7) is 2.33. The second-order valence-electron chi connectivity index (χ2n) is 9.65. The molecule has 8 heteroatoms. The number of H-pyrrole nitrogens is 1. The maximum Gasteiger partial charge on any atom is 0.254 e. The predicted molar refractivity (Wildman–Crippen MR) is 139 cm³/mol. The molecule has 2 fully saturated rings. The molecule has 36 heavy (non-hydrogen) atoms. The lowest BCUT2D eigenvalue weighted by atomic mass is 10.0. The molecule has 1 N–H and O–H groups in total. The second kappa shape index (κ2) is 10.3. The third-order valence-corrected chi connectivity index (χ3v) is 7.44. The summed E-state index contributed by atoms with van der Waals surface area (Å²) in [4.78, 5) is 47.3. The molecule has 0 aliphatic carbocycles. The van der Waals surface area contributed by atoms with Gasteiger partial charge in [0.1, 0.15) is 11.2 Å². The molecule has 2 aliphatic rings. The van der Waals surface area contributed by atoms with Crippen molar-refractivity contribution in [2.24, 2.45) is 5.92 Å². The van der Waals surface area contributed by atoms with E-state index in [0.717, 1.165) is 17.5 Å². The highest BCUT2D eigenvalue weighted by Crippen LogP contribution is 2.35. The molecular weight excluding hydrogens is 476 g/mol. The average molecular weight is 505 g/mol. The molecular formula is C28H29ClN4O3. The summed E-state index contributed by atoms with van der Waals surface area (Å²) < 4.78 is 0. The number of carbonyl (C=O) groups is 2. The number of halogens is 1. The van der Waals surface area contributed by atoms with E-state index in [9.17, 15) is 14.4 Å². The third kappa shape index (κ3) is 4.94. The van der Waals surface area contributed by atoms with Gasteiger partial charge >= 0.3 is 0 Å². The fourth-order valence-electron chi connectivity index (χ4n) is 5.56. The number of aromatic amines is 1. The molecule has 0 saturated carbocycles. The maximum atomic E-state index is 14.1. The van der Waals surface area contributed by atoms with Crippen molar-refractivity contribution in [2.45, 2.75) is 25.0 Å². The monoisotopic (exact) mass is 504 g/mol. The Hall–Kier alpha value is -3.42. The van der Waals surface area contributed by atoms with Crippen molar-refractivity contribution >= 4 is 23.4 Å². The standard InChI is InChI=1S/C28H29ClN4O3/c1-31(16-19-8-4-2-5-9-19)26(20-10-6-3-7-11-20)28(36)33-13-12-21-17-32(18-23(21)33)27(35)22-14-24(29)30-25(34)15-22/h2-11,14-15,21,23,26H,12-13,16-18H2,1H3,(H,30,34)/t21-,23+,26?/m0/s1. The van der Waals surface area contributed by atoms with Crippen molar-refractivity contribution < 1.29 is 9.59 Å². The Morgan fingerprint density at radius 3 is 2.44 bits per heavy atom. The van der Waals surface area contributed by atoms with E-state index in [4.69, 9.17) is 11.6 Å². The fourth-order valence-corrected chi connectivity index (χ4v) is 5.77. The molecule has 7 nitrogen and oxygen atoms in total. The number of hydrogen-bond acceptors (Lipinski definition) is 4. The number of likely N-dealkylation sites (N-methyl/N-ethyl adjacent to an activating group) is 1. The summed E-state index contributed by atoms with van der Waals surface area (Å²) >= 11 is 5.96. The van der Waals surface area contributed by atoms with Crippen molar-refractivity contribution in [1.82, 2.24) is 19.7 Å². The molecule has 5 rings (SSSR count). The molecule has 3 heterocycles. The Balaban J connectivity index is 1.36. The van der Waals surface area contributed by atoms with Gasteiger partial charge in [0.05, 0.1) is 6.04 Å². The molecule has 1 unspecified atom stereocenters. The number of amides is 2. The first kappa shape index (κ1) is 24.3. The number of benzene rings is 2. The van der Waals surface area contributed by atoms with Gasteiger partial charge < -0.3 is 14.8 Å². The highest BCUT2D eigenvalue weighted by Gasteiger charge is 2.46. The number of pyridine rings is 1. The van der Waals surface area contributed by atoms with Crippen molar-refractivity contribution in [3.05, 3.63) is 105 Å². The van der Waals surface area contributed by atoms with Crippen LogP contribution < -0.4 is 5.56 Å². The summed E-state index contributed by atoms with van der Waals surface area (Å²) in [5, 5.41) is 0.134. The zero-order chi connectivity index (χ0) is 25.2. The van der Waals surface area contributed by atoms with Gasteiger partial charge in [-0.05, 0) is 30.7 Å². The molecule has 2 amide bonds. The number of nitrogens with zero attached hydrogens (tertiary/aromatic N) is 3. The minimum absolute atomic E-state index is 0.0461. The normalized spacial score (nSPS) is 20.0. The highest BCUT2D eigenvalue weighted by molar-refractivity contribution is 6.29. The van der Waals surface area contributed by atoms with Crippen LogP contribution in [0.1, 0.15) is 33.9 Å². The van der Waals surface area contributed by atoms with E-state index >= 15 is 0 Å². The lowest BCUT2D eigenvalue weighted by Crippen LogP contribution is -2.46. The van der Waals surface area contributed by atoms with Crippen molar-refractivity contribution in [3.8, 4) is 0 Å². The number of rotatable bonds is 6. The maximum absolute atomic E-state index is 14.1. The average Bonchev–Trinajstić information content (AvgIpc) is 3.45. The third-order valence-electron chi connectivity index (χ3n) is 7.24. The van der Waals surface area contributed by atoms with E-state index in [2.05, 4.69) is 22.0 Å². The molecule has 3 atom stereocenters. The van der Waals surface area contributed by atoms with E-state index in [1.54, 1.807) is 4.90 Å². The van der Waals surface area contributed by atoms with Crippen LogP contribution in [0.25, 0.3) is 0 Å². The smallest absolute Gasteiger partial charge is 0.254 e. The lowest BCUT2D eigenvalue weighted by molar-refractivity contribution is -0.138. The molecule has 0 radical (unpaired) electrons. The minimum atomic E-state index is -0.429. The van der Waals surface area contributed by atoms with Gasteiger partial charge in [0.2, 0.25) is 11.5 Å². The first-order valence-electron chi connectivity index (χ1n) is 12.2. The summed E-state index contributed by atoms with van der Waals surface area (Å²) in [6.07, 6.45) is 0.847. The summed E-state index contributed by atoms with van der Waals surface area (Å²) in [6, 6.07) is 22.3.